The van der Waals surface area contributed by atoms with Crippen molar-refractivity contribution in [3.63, 3.8) is 0 Å². The van der Waals surface area contributed by atoms with Crippen molar-refractivity contribution in [2.45, 2.75) is 24.7 Å². The van der Waals surface area contributed by atoms with Gasteiger partial charge in [-0.15, -0.1) is 0 Å². The first kappa shape index (κ1) is 17.0. The number of anilines is 1. The largest absolute Gasteiger partial charge is 0.467 e. The Kier molecular flexibility index (Phi) is 4.14. The molecule has 0 bridgehead atoms. The summed E-state index contributed by atoms with van der Waals surface area (Å²) < 4.78 is 52.0. The maximum atomic E-state index is 13.6. The minimum atomic E-state index is -4.49. The molecule has 1 amide bonds. The summed E-state index contributed by atoms with van der Waals surface area (Å²) in [5, 5.41) is 6.95. The molecule has 140 valence electrons. The molecule has 0 aromatic carbocycles. The van der Waals surface area contributed by atoms with Crippen LogP contribution in [0.4, 0.5) is 19.0 Å². The molecule has 1 fully saturated rings. The molecule has 0 unspecified atom stereocenters. The third kappa shape index (κ3) is 3.05. The number of carbonyl (C=O) groups excluding carboxylic acids is 1. The van der Waals surface area contributed by atoms with Crippen LogP contribution >= 0.6 is 0 Å². The van der Waals surface area contributed by atoms with Crippen molar-refractivity contribution in [1.29, 1.82) is 0 Å². The second-order valence-corrected chi connectivity index (χ2v) is 6.27. The fourth-order valence-electron chi connectivity index (χ4n) is 3.28. The fourth-order valence-corrected chi connectivity index (χ4v) is 3.28. The summed E-state index contributed by atoms with van der Waals surface area (Å²) in [7, 11) is 0. The average molecular weight is 370 g/mol. The van der Waals surface area contributed by atoms with Crippen molar-refractivity contribution < 1.29 is 27.1 Å². The van der Waals surface area contributed by atoms with E-state index in [1.807, 2.05) is 0 Å². The van der Waals surface area contributed by atoms with Crippen LogP contribution in [0.25, 0.3) is 0 Å². The summed E-state index contributed by atoms with van der Waals surface area (Å²) >= 11 is 0. The van der Waals surface area contributed by atoms with Gasteiger partial charge in [0.05, 0.1) is 25.5 Å². The molecule has 0 saturated carbocycles. The Hall–Kier alpha value is -2.49. The number of amides is 1. The van der Waals surface area contributed by atoms with Crippen LogP contribution in [0.5, 0.6) is 0 Å². The van der Waals surface area contributed by atoms with Gasteiger partial charge in [-0.05, 0) is 12.1 Å². The molecular formula is C16H17F3N4O3. The average Bonchev–Trinajstić information content (AvgIpc) is 3.29. The molecule has 4 rings (SSSR count). The highest BCUT2D eigenvalue weighted by molar-refractivity contribution is 5.93. The standard InChI is InChI=1S/C16H17F3N4O3/c17-16(18,19)13-8-10(12-2-1-5-26-12)20-14-9-11(21-23(13)14)15(24)22-3-6-25-7-4-22/h1-2,5,9-10,13,20H,3-4,6-8H2/t10-,13+/m0/s1. The van der Waals surface area contributed by atoms with Gasteiger partial charge in [-0.25, -0.2) is 4.68 Å². The highest BCUT2D eigenvalue weighted by Gasteiger charge is 2.47. The number of fused-ring (bicyclic) bond motifs is 1. The maximum absolute atomic E-state index is 13.6. The Morgan fingerprint density at radius 3 is 2.73 bits per heavy atom. The number of rotatable bonds is 2. The highest BCUT2D eigenvalue weighted by Crippen LogP contribution is 2.43. The molecular weight excluding hydrogens is 353 g/mol. The normalized spacial score (nSPS) is 23.4. The molecule has 0 spiro atoms. The molecule has 10 heteroatoms. The highest BCUT2D eigenvalue weighted by atomic mass is 19.4. The van der Waals surface area contributed by atoms with Crippen molar-refractivity contribution in [3.05, 3.63) is 35.9 Å². The SMILES string of the molecule is O=C(c1cc2n(n1)[C@@H](C(F)(F)F)C[C@@H](c1ccco1)N2)N1CCOCC1. The third-order valence-electron chi connectivity index (χ3n) is 4.59. The van der Waals surface area contributed by atoms with Gasteiger partial charge < -0.3 is 19.4 Å². The predicted octanol–water partition coefficient (Wildman–Crippen LogP) is 2.61. The van der Waals surface area contributed by atoms with E-state index in [1.54, 1.807) is 12.1 Å². The first-order valence-electron chi connectivity index (χ1n) is 8.26. The zero-order valence-electron chi connectivity index (χ0n) is 13.7. The van der Waals surface area contributed by atoms with E-state index in [4.69, 9.17) is 9.15 Å². The van der Waals surface area contributed by atoms with E-state index in [0.29, 0.717) is 32.1 Å². The number of aromatic nitrogens is 2. The Bertz CT molecular complexity index is 781. The van der Waals surface area contributed by atoms with Gasteiger partial charge in [0, 0.05) is 25.6 Å². The predicted molar refractivity (Wildman–Crippen MR) is 83.7 cm³/mol. The van der Waals surface area contributed by atoms with Crippen molar-refractivity contribution in [2.75, 3.05) is 31.6 Å². The lowest BCUT2D eigenvalue weighted by Crippen LogP contribution is -2.41. The lowest BCUT2D eigenvalue weighted by Gasteiger charge is -2.32. The van der Waals surface area contributed by atoms with Crippen molar-refractivity contribution in [1.82, 2.24) is 14.7 Å². The van der Waals surface area contributed by atoms with Crippen molar-refractivity contribution in [2.24, 2.45) is 0 Å². The molecule has 0 radical (unpaired) electrons. The molecule has 7 nitrogen and oxygen atoms in total. The zero-order chi connectivity index (χ0) is 18.3. The molecule has 2 aromatic heterocycles. The van der Waals surface area contributed by atoms with E-state index < -0.39 is 24.2 Å². The molecule has 26 heavy (non-hydrogen) atoms. The fraction of sp³-hybridized carbons (Fsp3) is 0.500. The van der Waals surface area contributed by atoms with Crippen LogP contribution in [0.15, 0.2) is 28.9 Å². The molecule has 1 saturated heterocycles. The van der Waals surface area contributed by atoms with Gasteiger partial charge in [0.25, 0.3) is 5.91 Å². The van der Waals surface area contributed by atoms with Gasteiger partial charge in [0.15, 0.2) is 11.7 Å². The summed E-state index contributed by atoms with van der Waals surface area (Å²) in [5.41, 5.74) is -0.0104. The molecule has 4 heterocycles. The Morgan fingerprint density at radius 2 is 2.08 bits per heavy atom. The van der Waals surface area contributed by atoms with E-state index in [1.165, 1.54) is 17.2 Å². The Balaban J connectivity index is 1.66. The van der Waals surface area contributed by atoms with Crippen LogP contribution in [0.2, 0.25) is 0 Å². The molecule has 2 aliphatic heterocycles. The van der Waals surface area contributed by atoms with Gasteiger partial charge in [-0.2, -0.15) is 18.3 Å². The van der Waals surface area contributed by atoms with E-state index in [0.717, 1.165) is 4.68 Å². The summed E-state index contributed by atoms with van der Waals surface area (Å²) in [4.78, 5) is 14.1. The number of morpholine rings is 1. The van der Waals surface area contributed by atoms with E-state index in [2.05, 4.69) is 10.4 Å². The summed E-state index contributed by atoms with van der Waals surface area (Å²) in [6.45, 7) is 1.60. The van der Waals surface area contributed by atoms with Crippen molar-refractivity contribution in [3.8, 4) is 0 Å². The van der Waals surface area contributed by atoms with E-state index in [-0.39, 0.29) is 17.9 Å². The van der Waals surface area contributed by atoms with Crippen LogP contribution in [-0.2, 0) is 4.74 Å². The molecule has 2 atom stereocenters. The quantitative estimate of drug-likeness (QED) is 0.880. The number of carbonyl (C=O) groups is 1. The number of ether oxygens (including phenoxy) is 1. The number of halogens is 3. The van der Waals surface area contributed by atoms with Gasteiger partial charge in [0.1, 0.15) is 11.6 Å². The summed E-state index contributed by atoms with van der Waals surface area (Å²) in [6, 6.07) is 2.13. The van der Waals surface area contributed by atoms with E-state index >= 15 is 0 Å². The number of hydrogen-bond acceptors (Lipinski definition) is 5. The number of hydrogen-bond donors (Lipinski definition) is 1. The van der Waals surface area contributed by atoms with Crippen LogP contribution in [-0.4, -0.2) is 53.1 Å². The van der Waals surface area contributed by atoms with Crippen LogP contribution in [0.3, 0.4) is 0 Å². The minimum Gasteiger partial charge on any atom is -0.467 e. The van der Waals surface area contributed by atoms with Crippen LogP contribution < -0.4 is 5.32 Å². The first-order valence-corrected chi connectivity index (χ1v) is 8.26. The number of nitrogens with one attached hydrogen (secondary N) is 1. The maximum Gasteiger partial charge on any atom is 0.410 e. The smallest absolute Gasteiger partial charge is 0.410 e. The molecule has 2 aromatic rings. The lowest BCUT2D eigenvalue weighted by atomic mass is 10.0. The molecule has 2 aliphatic rings. The molecule has 0 aliphatic carbocycles. The Labute approximate surface area is 146 Å². The topological polar surface area (TPSA) is 72.5 Å². The Morgan fingerprint density at radius 1 is 1.31 bits per heavy atom. The molecule has 1 N–H and O–H groups in total. The second-order valence-electron chi connectivity index (χ2n) is 6.27. The van der Waals surface area contributed by atoms with Gasteiger partial charge in [-0.3, -0.25) is 4.79 Å². The van der Waals surface area contributed by atoms with Gasteiger partial charge in [0.2, 0.25) is 0 Å². The number of alkyl halides is 3. The number of nitrogens with zero attached hydrogens (tertiary/aromatic N) is 3. The van der Waals surface area contributed by atoms with Gasteiger partial charge in [-0.1, -0.05) is 0 Å². The van der Waals surface area contributed by atoms with Crippen LogP contribution in [0.1, 0.15) is 34.8 Å². The minimum absolute atomic E-state index is 0.0104. The summed E-state index contributed by atoms with van der Waals surface area (Å²) in [6.07, 6.45) is -3.34. The monoisotopic (exact) mass is 370 g/mol. The second kappa shape index (κ2) is 6.35. The van der Waals surface area contributed by atoms with Gasteiger partial charge >= 0.3 is 6.18 Å². The summed E-state index contributed by atoms with van der Waals surface area (Å²) in [5.74, 6) is 0.164. The van der Waals surface area contributed by atoms with Crippen LogP contribution in [0, 0.1) is 0 Å². The van der Waals surface area contributed by atoms with E-state index in [9.17, 15) is 18.0 Å². The first-order chi connectivity index (χ1) is 12.4. The lowest BCUT2D eigenvalue weighted by molar-refractivity contribution is -0.174. The zero-order valence-corrected chi connectivity index (χ0v) is 13.7. The number of furan rings is 1. The van der Waals surface area contributed by atoms with Crippen molar-refractivity contribution >= 4 is 11.7 Å². The third-order valence-corrected chi connectivity index (χ3v) is 4.59.